The molecule has 4 rings (SSSR count). The highest BCUT2D eigenvalue weighted by Crippen LogP contribution is 2.24. The molecular formula is C18H21N5O3. The minimum absolute atomic E-state index is 0.252. The van der Waals surface area contributed by atoms with E-state index >= 15 is 0 Å². The number of rotatable bonds is 4. The van der Waals surface area contributed by atoms with E-state index in [1.54, 1.807) is 6.07 Å². The quantitative estimate of drug-likeness (QED) is 0.808. The Morgan fingerprint density at radius 3 is 2.85 bits per heavy atom. The Kier molecular flexibility index (Phi) is 4.44. The van der Waals surface area contributed by atoms with Gasteiger partial charge in [0.2, 0.25) is 0 Å². The van der Waals surface area contributed by atoms with Gasteiger partial charge in [0.25, 0.3) is 5.91 Å². The SMILES string of the molecule is Cc1[nH]c(/C=C2/C(=O)NN=C2c2ccno2)c(C)c1CN1CCOCC1. The number of carbonyl (C=O) groups is 1. The fourth-order valence-corrected chi connectivity index (χ4v) is 3.32. The number of aromatic nitrogens is 2. The Bertz CT molecular complexity index is 873. The molecule has 0 unspecified atom stereocenters. The minimum Gasteiger partial charge on any atom is -0.379 e. The fourth-order valence-electron chi connectivity index (χ4n) is 3.32. The normalized spacial score (nSPS) is 19.8. The van der Waals surface area contributed by atoms with Gasteiger partial charge in [-0.25, -0.2) is 5.43 Å². The van der Waals surface area contributed by atoms with Gasteiger partial charge in [-0.1, -0.05) is 5.16 Å². The van der Waals surface area contributed by atoms with Gasteiger partial charge in [0, 0.05) is 37.1 Å². The summed E-state index contributed by atoms with van der Waals surface area (Å²) in [6, 6.07) is 1.68. The second-order valence-electron chi connectivity index (χ2n) is 6.49. The lowest BCUT2D eigenvalue weighted by atomic mass is 10.0. The Labute approximate surface area is 150 Å². The van der Waals surface area contributed by atoms with Crippen LogP contribution in [0.1, 0.15) is 28.3 Å². The van der Waals surface area contributed by atoms with Gasteiger partial charge in [0.15, 0.2) is 5.76 Å². The number of H-pyrrole nitrogens is 1. The molecule has 8 nitrogen and oxygen atoms in total. The number of aromatic amines is 1. The third kappa shape index (κ3) is 3.09. The highest BCUT2D eigenvalue weighted by atomic mass is 16.5. The molecule has 1 fully saturated rings. The summed E-state index contributed by atoms with van der Waals surface area (Å²) < 4.78 is 10.6. The van der Waals surface area contributed by atoms with Crippen LogP contribution in [0.25, 0.3) is 6.08 Å². The topological polar surface area (TPSA) is 95.8 Å². The molecule has 8 heteroatoms. The molecule has 2 aromatic heterocycles. The molecule has 0 atom stereocenters. The van der Waals surface area contributed by atoms with E-state index < -0.39 is 0 Å². The molecule has 0 aliphatic carbocycles. The maximum absolute atomic E-state index is 12.2. The van der Waals surface area contributed by atoms with Gasteiger partial charge < -0.3 is 14.2 Å². The summed E-state index contributed by atoms with van der Waals surface area (Å²) in [7, 11) is 0. The van der Waals surface area contributed by atoms with Crippen molar-refractivity contribution in [2.45, 2.75) is 20.4 Å². The monoisotopic (exact) mass is 355 g/mol. The number of morpholine rings is 1. The van der Waals surface area contributed by atoms with Crippen molar-refractivity contribution < 1.29 is 14.1 Å². The molecule has 4 heterocycles. The Morgan fingerprint density at radius 2 is 2.12 bits per heavy atom. The molecule has 0 radical (unpaired) electrons. The average Bonchev–Trinajstić information content (AvgIpc) is 3.34. The number of ether oxygens (including phenoxy) is 1. The van der Waals surface area contributed by atoms with Crippen LogP contribution in [0.3, 0.4) is 0 Å². The van der Waals surface area contributed by atoms with E-state index in [4.69, 9.17) is 9.26 Å². The smallest absolute Gasteiger partial charge is 0.273 e. The van der Waals surface area contributed by atoms with Crippen LogP contribution in [0, 0.1) is 13.8 Å². The summed E-state index contributed by atoms with van der Waals surface area (Å²) in [6.07, 6.45) is 3.36. The Hall–Kier alpha value is -2.71. The lowest BCUT2D eigenvalue weighted by Crippen LogP contribution is -2.35. The molecule has 1 saturated heterocycles. The first-order valence-electron chi connectivity index (χ1n) is 8.63. The van der Waals surface area contributed by atoms with Crippen molar-refractivity contribution in [3.05, 3.63) is 46.1 Å². The van der Waals surface area contributed by atoms with Crippen molar-refractivity contribution in [2.24, 2.45) is 5.10 Å². The summed E-state index contributed by atoms with van der Waals surface area (Å²) in [5.41, 5.74) is 7.83. The maximum Gasteiger partial charge on any atom is 0.273 e. The lowest BCUT2D eigenvalue weighted by Gasteiger charge is -2.26. The number of hydrogen-bond acceptors (Lipinski definition) is 6. The van der Waals surface area contributed by atoms with E-state index in [0.29, 0.717) is 17.0 Å². The number of amides is 1. The Morgan fingerprint density at radius 1 is 1.31 bits per heavy atom. The summed E-state index contributed by atoms with van der Waals surface area (Å²) in [5.74, 6) is 0.210. The van der Waals surface area contributed by atoms with Crippen molar-refractivity contribution in [3.8, 4) is 0 Å². The number of aryl methyl sites for hydroxylation is 1. The van der Waals surface area contributed by atoms with Gasteiger partial charge in [-0.15, -0.1) is 0 Å². The van der Waals surface area contributed by atoms with Crippen molar-refractivity contribution >= 4 is 17.7 Å². The predicted molar refractivity (Wildman–Crippen MR) is 95.5 cm³/mol. The van der Waals surface area contributed by atoms with E-state index in [1.165, 1.54) is 11.8 Å². The van der Waals surface area contributed by atoms with E-state index in [0.717, 1.165) is 49.8 Å². The van der Waals surface area contributed by atoms with Crippen molar-refractivity contribution in [3.63, 3.8) is 0 Å². The van der Waals surface area contributed by atoms with Crippen LogP contribution >= 0.6 is 0 Å². The van der Waals surface area contributed by atoms with Crippen LogP contribution < -0.4 is 5.43 Å². The van der Waals surface area contributed by atoms with Gasteiger partial charge >= 0.3 is 0 Å². The zero-order valence-electron chi connectivity index (χ0n) is 14.8. The van der Waals surface area contributed by atoms with Crippen LogP contribution in [0.4, 0.5) is 0 Å². The molecule has 2 aliphatic rings. The predicted octanol–water partition coefficient (Wildman–Crippen LogP) is 1.37. The molecular weight excluding hydrogens is 334 g/mol. The van der Waals surface area contributed by atoms with Crippen LogP contribution in [0.15, 0.2) is 27.5 Å². The van der Waals surface area contributed by atoms with Gasteiger partial charge in [0.05, 0.1) is 25.0 Å². The lowest BCUT2D eigenvalue weighted by molar-refractivity contribution is -0.116. The molecule has 2 aliphatic heterocycles. The number of nitrogens with one attached hydrogen (secondary N) is 2. The zero-order chi connectivity index (χ0) is 18.1. The maximum atomic E-state index is 12.2. The van der Waals surface area contributed by atoms with Crippen LogP contribution in [-0.4, -0.2) is 53.0 Å². The summed E-state index contributed by atoms with van der Waals surface area (Å²) in [5, 5.41) is 7.76. The summed E-state index contributed by atoms with van der Waals surface area (Å²) >= 11 is 0. The highest BCUT2D eigenvalue weighted by Gasteiger charge is 2.27. The molecule has 136 valence electrons. The molecule has 0 spiro atoms. The molecule has 0 bridgehead atoms. The number of carbonyl (C=O) groups excluding carboxylic acids is 1. The van der Waals surface area contributed by atoms with Crippen molar-refractivity contribution in [1.29, 1.82) is 0 Å². The fraction of sp³-hybridized carbons (Fsp3) is 0.389. The standard InChI is InChI=1S/C18H21N5O3/c1-11-14(10-23-5-7-25-8-6-23)12(2)20-15(11)9-13-17(21-22-18(13)24)16-3-4-19-26-16/h3-4,9,20H,5-8,10H2,1-2H3,(H,22,24)/b13-9+. The second kappa shape index (κ2) is 6.89. The number of hydrazone groups is 1. The van der Waals surface area contributed by atoms with Crippen LogP contribution in [0.2, 0.25) is 0 Å². The minimum atomic E-state index is -0.252. The van der Waals surface area contributed by atoms with Crippen molar-refractivity contribution in [2.75, 3.05) is 26.3 Å². The second-order valence-corrected chi connectivity index (χ2v) is 6.49. The molecule has 0 saturated carbocycles. The third-order valence-corrected chi connectivity index (χ3v) is 4.85. The average molecular weight is 355 g/mol. The summed E-state index contributed by atoms with van der Waals surface area (Å²) in [4.78, 5) is 18.0. The first kappa shape index (κ1) is 16.7. The molecule has 0 aromatic carbocycles. The van der Waals surface area contributed by atoms with Crippen molar-refractivity contribution in [1.82, 2.24) is 20.5 Å². The van der Waals surface area contributed by atoms with Gasteiger partial charge in [-0.05, 0) is 31.1 Å². The molecule has 2 aromatic rings. The number of hydrogen-bond donors (Lipinski definition) is 2. The third-order valence-electron chi connectivity index (χ3n) is 4.85. The van der Waals surface area contributed by atoms with Gasteiger partial charge in [-0.3, -0.25) is 9.69 Å². The molecule has 2 N–H and O–H groups in total. The first-order valence-corrected chi connectivity index (χ1v) is 8.63. The van der Waals surface area contributed by atoms with E-state index in [1.807, 2.05) is 6.08 Å². The van der Waals surface area contributed by atoms with E-state index in [2.05, 4.69) is 39.4 Å². The largest absolute Gasteiger partial charge is 0.379 e. The van der Waals surface area contributed by atoms with Gasteiger partial charge in [-0.2, -0.15) is 5.10 Å². The number of nitrogens with zero attached hydrogens (tertiary/aromatic N) is 3. The zero-order valence-corrected chi connectivity index (χ0v) is 14.8. The highest BCUT2D eigenvalue weighted by molar-refractivity contribution is 6.32. The van der Waals surface area contributed by atoms with E-state index in [9.17, 15) is 4.79 Å². The van der Waals surface area contributed by atoms with Gasteiger partial charge in [0.1, 0.15) is 5.71 Å². The Balaban J connectivity index is 1.63. The summed E-state index contributed by atoms with van der Waals surface area (Å²) in [6.45, 7) is 8.42. The van der Waals surface area contributed by atoms with Crippen LogP contribution in [0.5, 0.6) is 0 Å². The van der Waals surface area contributed by atoms with E-state index in [-0.39, 0.29) is 5.91 Å². The van der Waals surface area contributed by atoms with Crippen LogP contribution in [-0.2, 0) is 16.1 Å². The molecule has 26 heavy (non-hydrogen) atoms. The molecule has 1 amide bonds. The first-order chi connectivity index (χ1) is 12.6.